The van der Waals surface area contributed by atoms with Crippen LogP contribution in [0.4, 0.5) is 17.8 Å². The molecule has 1 aromatic carbocycles. The maximum Gasteiger partial charge on any atom is 0.232 e. The molecule has 0 spiro atoms. The number of nitrogens with one attached hydrogen (secondary N) is 4. The summed E-state index contributed by atoms with van der Waals surface area (Å²) in [5.74, 6) is 1.90. The van der Waals surface area contributed by atoms with E-state index in [4.69, 9.17) is 15.0 Å². The third-order valence-corrected chi connectivity index (χ3v) is 7.34. The smallest absolute Gasteiger partial charge is 0.232 e. The van der Waals surface area contributed by atoms with Gasteiger partial charge in [0.2, 0.25) is 17.8 Å². The Morgan fingerprint density at radius 3 is 2.59 bits per heavy atom. The van der Waals surface area contributed by atoms with Gasteiger partial charge >= 0.3 is 0 Å². The summed E-state index contributed by atoms with van der Waals surface area (Å²) in [6.07, 6.45) is 5.61. The van der Waals surface area contributed by atoms with Crippen LogP contribution in [-0.4, -0.2) is 99.1 Å². The molecule has 0 aliphatic carbocycles. The van der Waals surface area contributed by atoms with Gasteiger partial charge in [0, 0.05) is 75.9 Å². The number of anilines is 3. The van der Waals surface area contributed by atoms with E-state index in [-0.39, 0.29) is 0 Å². The van der Waals surface area contributed by atoms with Crippen molar-refractivity contribution in [1.82, 2.24) is 39.7 Å². The van der Waals surface area contributed by atoms with E-state index in [0.717, 1.165) is 88.6 Å². The lowest BCUT2D eigenvalue weighted by Gasteiger charge is -2.32. The van der Waals surface area contributed by atoms with E-state index < -0.39 is 0 Å². The molecular formula is C26H35N11. The summed E-state index contributed by atoms with van der Waals surface area (Å²) in [7, 11) is 2.18. The Kier molecular flexibility index (Phi) is 6.87. The number of para-hydroxylation sites is 1. The Hall–Kier alpha value is -3.70. The number of hydrogen-bond acceptors (Lipinski definition) is 9. The molecule has 37 heavy (non-hydrogen) atoms. The van der Waals surface area contributed by atoms with E-state index in [1.807, 2.05) is 0 Å². The zero-order valence-corrected chi connectivity index (χ0v) is 21.4. The number of likely N-dealkylation sites (N-methyl/N-ethyl adjacent to an activating group) is 1. The zero-order valence-electron chi connectivity index (χ0n) is 21.4. The number of H-pyrrole nitrogens is 2. The second kappa shape index (κ2) is 10.7. The maximum atomic E-state index is 4.80. The van der Waals surface area contributed by atoms with Crippen molar-refractivity contribution in [2.24, 2.45) is 0 Å². The topological polar surface area (TPSA) is 117 Å². The van der Waals surface area contributed by atoms with E-state index in [2.05, 4.69) is 77.8 Å². The van der Waals surface area contributed by atoms with Crippen LogP contribution in [0, 0.1) is 0 Å². The minimum Gasteiger partial charge on any atom is -0.361 e. The minimum atomic E-state index is 0.599. The summed E-state index contributed by atoms with van der Waals surface area (Å²) in [5.41, 5.74) is 4.71. The normalized spacial score (nSPS) is 16.7. The fourth-order valence-electron chi connectivity index (χ4n) is 5.09. The molecule has 11 nitrogen and oxygen atoms in total. The lowest BCUT2D eigenvalue weighted by Crippen LogP contribution is -2.45. The first-order valence-corrected chi connectivity index (χ1v) is 13.2. The first-order chi connectivity index (χ1) is 18.2. The molecule has 1 saturated heterocycles. The monoisotopic (exact) mass is 501 g/mol. The molecule has 0 unspecified atom stereocenters. The fourth-order valence-corrected chi connectivity index (χ4v) is 5.09. The number of aromatic amines is 2. The molecule has 194 valence electrons. The Morgan fingerprint density at radius 2 is 1.73 bits per heavy atom. The molecule has 2 aliphatic heterocycles. The molecule has 0 atom stereocenters. The Bertz CT molecular complexity index is 1320. The van der Waals surface area contributed by atoms with E-state index in [0.29, 0.717) is 17.8 Å². The van der Waals surface area contributed by atoms with Crippen LogP contribution in [0.3, 0.4) is 0 Å². The predicted molar refractivity (Wildman–Crippen MR) is 146 cm³/mol. The van der Waals surface area contributed by atoms with Gasteiger partial charge in [-0.05, 0) is 25.1 Å². The van der Waals surface area contributed by atoms with Crippen LogP contribution in [0.15, 0.2) is 36.8 Å². The highest BCUT2D eigenvalue weighted by Crippen LogP contribution is 2.22. The van der Waals surface area contributed by atoms with Gasteiger partial charge in [-0.15, -0.1) is 0 Å². The molecule has 1 fully saturated rings. The summed E-state index contributed by atoms with van der Waals surface area (Å²) in [5, 5.41) is 8.16. The first kappa shape index (κ1) is 23.7. The number of benzene rings is 1. The predicted octanol–water partition coefficient (Wildman–Crippen LogP) is 1.95. The second-order valence-electron chi connectivity index (χ2n) is 9.89. The van der Waals surface area contributed by atoms with Crippen LogP contribution >= 0.6 is 0 Å². The van der Waals surface area contributed by atoms with Crippen LogP contribution in [0.25, 0.3) is 10.9 Å². The summed E-state index contributed by atoms with van der Waals surface area (Å²) in [6, 6.07) is 8.40. The van der Waals surface area contributed by atoms with Crippen molar-refractivity contribution in [3.63, 3.8) is 0 Å². The molecule has 2 aliphatic rings. The highest BCUT2D eigenvalue weighted by Gasteiger charge is 2.22. The number of nitrogens with zero attached hydrogens (tertiary/aromatic N) is 7. The van der Waals surface area contributed by atoms with Gasteiger partial charge in [0.05, 0.1) is 24.3 Å². The molecular weight excluding hydrogens is 466 g/mol. The molecule has 3 aromatic heterocycles. The van der Waals surface area contributed by atoms with E-state index in [9.17, 15) is 0 Å². The molecule has 4 aromatic rings. The van der Waals surface area contributed by atoms with Crippen LogP contribution in [-0.2, 0) is 19.4 Å². The molecule has 0 saturated carbocycles. The van der Waals surface area contributed by atoms with E-state index in [1.165, 1.54) is 10.9 Å². The largest absolute Gasteiger partial charge is 0.361 e. The Morgan fingerprint density at radius 1 is 0.919 bits per heavy atom. The summed E-state index contributed by atoms with van der Waals surface area (Å²) < 4.78 is 0. The van der Waals surface area contributed by atoms with Gasteiger partial charge in [-0.2, -0.15) is 15.0 Å². The fraction of sp³-hybridized carbons (Fsp3) is 0.462. The molecule has 6 rings (SSSR count). The number of aromatic nitrogens is 6. The molecule has 0 bridgehead atoms. The number of imidazole rings is 1. The van der Waals surface area contributed by atoms with Crippen LogP contribution < -0.4 is 15.5 Å². The number of piperazine rings is 1. The van der Waals surface area contributed by atoms with Crippen molar-refractivity contribution < 1.29 is 0 Å². The standard InChI is InChI=1S/C26H35N11/c1-35-12-14-36(15-13-35)11-9-28-25-32-24(27-8-6-19-16-29-21-5-3-2-4-20(19)21)33-26(34-25)37-10-7-22-23(17-37)31-18-30-22/h2-5,16,18,29H,6-15,17H2,1H3,(H,30,31)(H2,27,28,32,33,34). The van der Waals surface area contributed by atoms with Gasteiger partial charge in [0.15, 0.2) is 0 Å². The average Bonchev–Trinajstić information content (AvgIpc) is 3.56. The van der Waals surface area contributed by atoms with Gasteiger partial charge in [0.25, 0.3) is 0 Å². The zero-order chi connectivity index (χ0) is 25.0. The average molecular weight is 502 g/mol. The highest BCUT2D eigenvalue weighted by molar-refractivity contribution is 5.83. The number of rotatable bonds is 9. The van der Waals surface area contributed by atoms with Gasteiger partial charge in [-0.25, -0.2) is 4.98 Å². The molecule has 4 N–H and O–H groups in total. The molecule has 5 heterocycles. The van der Waals surface area contributed by atoms with Gasteiger partial charge in [-0.3, -0.25) is 4.90 Å². The van der Waals surface area contributed by atoms with Crippen LogP contribution in [0.1, 0.15) is 17.0 Å². The van der Waals surface area contributed by atoms with E-state index in [1.54, 1.807) is 6.33 Å². The number of fused-ring (bicyclic) bond motifs is 2. The van der Waals surface area contributed by atoms with Crippen molar-refractivity contribution in [2.75, 3.05) is 74.9 Å². The summed E-state index contributed by atoms with van der Waals surface area (Å²) >= 11 is 0. The van der Waals surface area contributed by atoms with Crippen LogP contribution in [0.5, 0.6) is 0 Å². The number of hydrogen-bond donors (Lipinski definition) is 4. The Labute approximate surface area is 216 Å². The summed E-state index contributed by atoms with van der Waals surface area (Å²) in [6.45, 7) is 8.48. The Balaban J connectivity index is 1.14. The molecule has 11 heteroatoms. The highest BCUT2D eigenvalue weighted by atomic mass is 15.3. The van der Waals surface area contributed by atoms with Crippen molar-refractivity contribution in [1.29, 1.82) is 0 Å². The second-order valence-corrected chi connectivity index (χ2v) is 9.89. The van der Waals surface area contributed by atoms with Crippen molar-refractivity contribution in [2.45, 2.75) is 19.4 Å². The van der Waals surface area contributed by atoms with Gasteiger partial charge in [0.1, 0.15) is 0 Å². The first-order valence-electron chi connectivity index (χ1n) is 13.2. The third-order valence-electron chi connectivity index (χ3n) is 7.34. The van der Waals surface area contributed by atoms with Crippen molar-refractivity contribution in [3.05, 3.63) is 53.7 Å². The summed E-state index contributed by atoms with van der Waals surface area (Å²) in [4.78, 5) is 32.4. The maximum absolute atomic E-state index is 4.80. The van der Waals surface area contributed by atoms with Crippen molar-refractivity contribution >= 4 is 28.7 Å². The minimum absolute atomic E-state index is 0.599. The molecule has 0 amide bonds. The van der Waals surface area contributed by atoms with Gasteiger partial charge < -0.3 is 30.4 Å². The van der Waals surface area contributed by atoms with E-state index >= 15 is 0 Å². The van der Waals surface area contributed by atoms with Gasteiger partial charge in [-0.1, -0.05) is 18.2 Å². The lowest BCUT2D eigenvalue weighted by atomic mass is 10.1. The lowest BCUT2D eigenvalue weighted by molar-refractivity contribution is 0.158. The quantitative estimate of drug-likeness (QED) is 0.273. The SMILES string of the molecule is CN1CCN(CCNc2nc(NCCc3c[nH]c4ccccc34)nc(N3CCc4nc[nH]c4C3)n2)CC1. The third kappa shape index (κ3) is 5.52. The van der Waals surface area contributed by atoms with Crippen LogP contribution in [0.2, 0.25) is 0 Å². The van der Waals surface area contributed by atoms with Crippen molar-refractivity contribution in [3.8, 4) is 0 Å². The molecule has 0 radical (unpaired) electrons.